The van der Waals surface area contributed by atoms with Crippen LogP contribution in [0.2, 0.25) is 0 Å². The summed E-state index contributed by atoms with van der Waals surface area (Å²) < 4.78 is 6.62. The Kier molecular flexibility index (Phi) is 6.38. The van der Waals surface area contributed by atoms with Crippen molar-refractivity contribution in [3.8, 4) is 0 Å². The lowest BCUT2D eigenvalue weighted by Gasteiger charge is -2.37. The maximum absolute atomic E-state index is 6.62. The van der Waals surface area contributed by atoms with Crippen LogP contribution in [0.1, 0.15) is 48.7 Å². The molecule has 4 rings (SSSR count). The fourth-order valence-electron chi connectivity index (χ4n) is 3.97. The van der Waals surface area contributed by atoms with Gasteiger partial charge >= 0.3 is 0 Å². The van der Waals surface area contributed by atoms with E-state index < -0.39 is 0 Å². The van der Waals surface area contributed by atoms with Crippen molar-refractivity contribution in [1.82, 2.24) is 0 Å². The van der Waals surface area contributed by atoms with Crippen molar-refractivity contribution < 1.29 is 9.57 Å². The van der Waals surface area contributed by atoms with Gasteiger partial charge in [-0.05, 0) is 23.1 Å². The van der Waals surface area contributed by atoms with Gasteiger partial charge in [-0.1, -0.05) is 103 Å². The topological polar surface area (TPSA) is 30.8 Å². The molecule has 3 atom stereocenters. The third kappa shape index (κ3) is 4.75. The molecular formula is C26H27NO2. The predicted octanol–water partition coefficient (Wildman–Crippen LogP) is 6.49. The Morgan fingerprint density at radius 3 is 2.03 bits per heavy atom. The van der Waals surface area contributed by atoms with Crippen molar-refractivity contribution >= 4 is 5.71 Å². The summed E-state index contributed by atoms with van der Waals surface area (Å²) in [6, 6.07) is 31.0. The van der Waals surface area contributed by atoms with Gasteiger partial charge in [-0.2, -0.15) is 0 Å². The van der Waals surface area contributed by atoms with Gasteiger partial charge in [0.2, 0.25) is 0 Å². The van der Waals surface area contributed by atoms with Gasteiger partial charge < -0.3 is 9.57 Å². The lowest BCUT2D eigenvalue weighted by atomic mass is 9.83. The quantitative estimate of drug-likeness (QED) is 0.454. The number of nitrogens with zero attached hydrogens (tertiary/aromatic N) is 1. The summed E-state index contributed by atoms with van der Waals surface area (Å²) in [5.41, 5.74) is 4.57. The Morgan fingerprint density at radius 1 is 0.828 bits per heavy atom. The van der Waals surface area contributed by atoms with Crippen LogP contribution in [-0.4, -0.2) is 5.71 Å². The van der Waals surface area contributed by atoms with Gasteiger partial charge in [0.1, 0.15) is 6.61 Å². The van der Waals surface area contributed by atoms with Crippen LogP contribution in [0.15, 0.2) is 96.2 Å². The molecule has 3 heteroatoms. The van der Waals surface area contributed by atoms with Crippen LogP contribution in [0.4, 0.5) is 0 Å². The average molecular weight is 386 g/mol. The van der Waals surface area contributed by atoms with Crippen molar-refractivity contribution in [2.24, 2.45) is 11.1 Å². The molecule has 1 aliphatic heterocycles. The van der Waals surface area contributed by atoms with Crippen LogP contribution in [0.3, 0.4) is 0 Å². The first-order valence-electron chi connectivity index (χ1n) is 10.3. The minimum absolute atomic E-state index is 0.0247. The zero-order valence-corrected chi connectivity index (χ0v) is 16.8. The van der Waals surface area contributed by atoms with Crippen molar-refractivity contribution in [3.63, 3.8) is 0 Å². The van der Waals surface area contributed by atoms with E-state index in [0.717, 1.165) is 24.1 Å². The Bertz CT molecular complexity index is 909. The summed E-state index contributed by atoms with van der Waals surface area (Å²) in [7, 11) is 0. The van der Waals surface area contributed by atoms with Crippen molar-refractivity contribution in [3.05, 3.63) is 108 Å². The van der Waals surface area contributed by atoms with E-state index in [2.05, 4.69) is 72.7 Å². The number of benzene rings is 3. The molecule has 1 saturated heterocycles. The number of ether oxygens (including phenoxy) is 1. The van der Waals surface area contributed by atoms with Gasteiger partial charge in [0.15, 0.2) is 0 Å². The fraction of sp³-hybridized carbons (Fsp3) is 0.269. The standard InChI is InChI=1S/C26H27NO2/c1-2-23-24(27-28-19-20-12-6-3-7-13-20)18-25(21-14-8-4-9-15-21)29-26(23)22-16-10-5-11-17-22/h3-17,23,25-26H,2,18-19H2,1H3/b27-24-. The monoisotopic (exact) mass is 385 g/mol. The highest BCUT2D eigenvalue weighted by molar-refractivity contribution is 5.88. The molecule has 0 saturated carbocycles. The molecule has 0 amide bonds. The van der Waals surface area contributed by atoms with E-state index in [9.17, 15) is 0 Å². The van der Waals surface area contributed by atoms with E-state index >= 15 is 0 Å². The molecule has 0 N–H and O–H groups in total. The summed E-state index contributed by atoms with van der Waals surface area (Å²) in [5.74, 6) is 0.202. The predicted molar refractivity (Wildman–Crippen MR) is 117 cm³/mol. The maximum Gasteiger partial charge on any atom is 0.142 e. The van der Waals surface area contributed by atoms with Crippen LogP contribution >= 0.6 is 0 Å². The first kappa shape index (κ1) is 19.4. The maximum atomic E-state index is 6.62. The molecule has 1 fully saturated rings. The molecule has 3 unspecified atom stereocenters. The molecule has 0 aliphatic carbocycles. The summed E-state index contributed by atoms with van der Waals surface area (Å²) in [6.45, 7) is 2.67. The summed E-state index contributed by atoms with van der Waals surface area (Å²) in [5, 5.41) is 4.62. The molecule has 148 valence electrons. The molecule has 3 aromatic carbocycles. The molecule has 0 aromatic heterocycles. The van der Waals surface area contributed by atoms with Gasteiger partial charge in [-0.3, -0.25) is 0 Å². The first-order valence-corrected chi connectivity index (χ1v) is 10.3. The normalized spacial score (nSPS) is 23.1. The average Bonchev–Trinajstić information content (AvgIpc) is 2.80. The van der Waals surface area contributed by atoms with Crippen molar-refractivity contribution in [2.75, 3.05) is 0 Å². The molecule has 29 heavy (non-hydrogen) atoms. The Morgan fingerprint density at radius 2 is 1.41 bits per heavy atom. The van der Waals surface area contributed by atoms with E-state index in [4.69, 9.17) is 9.57 Å². The van der Waals surface area contributed by atoms with Crippen LogP contribution in [-0.2, 0) is 16.2 Å². The molecule has 1 aliphatic rings. The molecule has 0 spiro atoms. The van der Waals surface area contributed by atoms with Gasteiger partial charge in [0.25, 0.3) is 0 Å². The van der Waals surface area contributed by atoms with E-state index in [0.29, 0.717) is 6.61 Å². The number of hydrogen-bond acceptors (Lipinski definition) is 3. The number of oxime groups is 1. The highest BCUT2D eigenvalue weighted by Crippen LogP contribution is 2.42. The smallest absolute Gasteiger partial charge is 0.142 e. The summed E-state index contributed by atoms with van der Waals surface area (Å²) >= 11 is 0. The third-order valence-electron chi connectivity index (χ3n) is 5.49. The molecule has 1 heterocycles. The molecule has 3 nitrogen and oxygen atoms in total. The Balaban J connectivity index is 1.60. The van der Waals surface area contributed by atoms with Crippen LogP contribution in [0.25, 0.3) is 0 Å². The molecule has 0 radical (unpaired) electrons. The lowest BCUT2D eigenvalue weighted by molar-refractivity contribution is -0.0493. The van der Waals surface area contributed by atoms with Crippen LogP contribution in [0.5, 0.6) is 0 Å². The minimum atomic E-state index is -0.0285. The summed E-state index contributed by atoms with van der Waals surface area (Å²) in [6.07, 6.45) is 1.65. The van der Waals surface area contributed by atoms with Crippen LogP contribution < -0.4 is 0 Å². The van der Waals surface area contributed by atoms with Gasteiger partial charge in [-0.15, -0.1) is 0 Å². The Labute approximate surface area is 173 Å². The summed E-state index contributed by atoms with van der Waals surface area (Å²) in [4.78, 5) is 5.79. The van der Waals surface area contributed by atoms with E-state index in [1.807, 2.05) is 30.3 Å². The van der Waals surface area contributed by atoms with Gasteiger partial charge in [0, 0.05) is 12.3 Å². The van der Waals surface area contributed by atoms with E-state index in [-0.39, 0.29) is 18.1 Å². The number of hydrogen-bond donors (Lipinski definition) is 0. The lowest BCUT2D eigenvalue weighted by Crippen LogP contribution is -2.33. The largest absolute Gasteiger partial charge is 0.391 e. The number of rotatable bonds is 6. The minimum Gasteiger partial charge on any atom is -0.391 e. The fourth-order valence-corrected chi connectivity index (χ4v) is 3.97. The highest BCUT2D eigenvalue weighted by atomic mass is 16.6. The SMILES string of the molecule is CCC1/C(=N\OCc2ccccc2)CC(c2ccccc2)OC1c1ccccc1. The zero-order chi connectivity index (χ0) is 19.9. The van der Waals surface area contributed by atoms with E-state index in [1.54, 1.807) is 0 Å². The third-order valence-corrected chi connectivity index (χ3v) is 5.49. The van der Waals surface area contributed by atoms with Gasteiger partial charge in [-0.25, -0.2) is 0 Å². The Hall–Kier alpha value is -2.91. The highest BCUT2D eigenvalue weighted by Gasteiger charge is 2.37. The van der Waals surface area contributed by atoms with E-state index in [1.165, 1.54) is 11.1 Å². The zero-order valence-electron chi connectivity index (χ0n) is 16.8. The second-order valence-corrected chi connectivity index (χ2v) is 7.43. The van der Waals surface area contributed by atoms with Crippen molar-refractivity contribution in [1.29, 1.82) is 0 Å². The van der Waals surface area contributed by atoms with Gasteiger partial charge in [0.05, 0.1) is 17.9 Å². The molecular weight excluding hydrogens is 358 g/mol. The molecule has 3 aromatic rings. The van der Waals surface area contributed by atoms with Crippen molar-refractivity contribution in [2.45, 2.75) is 38.6 Å². The first-order chi connectivity index (χ1) is 14.3. The molecule has 0 bridgehead atoms. The second-order valence-electron chi connectivity index (χ2n) is 7.43. The van der Waals surface area contributed by atoms with Crippen LogP contribution in [0, 0.1) is 5.92 Å². The second kappa shape index (κ2) is 9.53.